The van der Waals surface area contributed by atoms with Gasteiger partial charge in [-0.3, -0.25) is 4.90 Å². The fourth-order valence-electron chi connectivity index (χ4n) is 2.59. The van der Waals surface area contributed by atoms with Crippen molar-refractivity contribution in [3.8, 4) is 5.75 Å². The Hall–Kier alpha value is -3.27. The van der Waals surface area contributed by atoms with Crippen LogP contribution in [0.3, 0.4) is 0 Å². The Balaban J connectivity index is 1.80. The van der Waals surface area contributed by atoms with Gasteiger partial charge in [0.1, 0.15) is 5.75 Å². The fourth-order valence-corrected chi connectivity index (χ4v) is 2.59. The van der Waals surface area contributed by atoms with Crippen LogP contribution in [0.1, 0.15) is 11.1 Å². The van der Waals surface area contributed by atoms with Gasteiger partial charge in [-0.05, 0) is 23.3 Å². The number of hydrogen-bond donors (Lipinski definition) is 2. The summed E-state index contributed by atoms with van der Waals surface area (Å²) < 4.78 is 0. The molecule has 2 N–H and O–H groups in total. The molecule has 0 bridgehead atoms. The lowest BCUT2D eigenvalue weighted by atomic mass is 10.2. The molecule has 126 valence electrons. The molecule has 0 aliphatic rings. The molecule has 2 amide bonds. The van der Waals surface area contributed by atoms with Gasteiger partial charge in [0.25, 0.3) is 0 Å². The van der Waals surface area contributed by atoms with Crippen LogP contribution in [0, 0.1) is 0 Å². The van der Waals surface area contributed by atoms with Crippen molar-refractivity contribution in [3.63, 3.8) is 0 Å². The maximum absolute atomic E-state index is 12.8. The molecule has 3 rings (SSSR count). The van der Waals surface area contributed by atoms with Gasteiger partial charge in [-0.2, -0.15) is 0 Å². The number of carbonyl (C=O) groups excluding carboxylic acids is 1. The highest BCUT2D eigenvalue weighted by Crippen LogP contribution is 2.28. The van der Waals surface area contributed by atoms with Crippen molar-refractivity contribution in [2.75, 3.05) is 4.90 Å². The van der Waals surface area contributed by atoms with Gasteiger partial charge >= 0.3 is 6.03 Å². The highest BCUT2D eigenvalue weighted by atomic mass is 16.3. The molecular formula is C21H20N2O2. The number of aromatic hydroxyl groups is 1. The third-order valence-electron chi connectivity index (χ3n) is 3.89. The monoisotopic (exact) mass is 332 g/mol. The Bertz CT molecular complexity index is 820. The molecule has 25 heavy (non-hydrogen) atoms. The maximum atomic E-state index is 12.8. The summed E-state index contributed by atoms with van der Waals surface area (Å²) in [7, 11) is 0. The molecule has 0 atom stereocenters. The molecule has 0 unspecified atom stereocenters. The number of benzene rings is 3. The molecular weight excluding hydrogens is 312 g/mol. The van der Waals surface area contributed by atoms with Gasteiger partial charge in [-0.1, -0.05) is 72.8 Å². The summed E-state index contributed by atoms with van der Waals surface area (Å²) >= 11 is 0. The van der Waals surface area contributed by atoms with E-state index in [0.717, 1.165) is 11.1 Å². The number of carbonyl (C=O) groups is 1. The quantitative estimate of drug-likeness (QED) is 0.731. The summed E-state index contributed by atoms with van der Waals surface area (Å²) in [6.07, 6.45) is 0. The average Bonchev–Trinajstić information content (AvgIpc) is 2.66. The number of nitrogens with zero attached hydrogens (tertiary/aromatic N) is 1. The van der Waals surface area contributed by atoms with Crippen molar-refractivity contribution < 1.29 is 9.90 Å². The van der Waals surface area contributed by atoms with E-state index in [1.165, 1.54) is 0 Å². The summed E-state index contributed by atoms with van der Waals surface area (Å²) in [5.41, 5.74) is 2.49. The van der Waals surface area contributed by atoms with Gasteiger partial charge in [-0.15, -0.1) is 0 Å². The molecule has 0 fully saturated rings. The lowest BCUT2D eigenvalue weighted by molar-refractivity contribution is 0.245. The van der Waals surface area contributed by atoms with E-state index in [4.69, 9.17) is 0 Å². The Kier molecular flexibility index (Phi) is 5.32. The molecule has 4 nitrogen and oxygen atoms in total. The van der Waals surface area contributed by atoms with Crippen LogP contribution in [0.5, 0.6) is 5.75 Å². The third-order valence-corrected chi connectivity index (χ3v) is 3.89. The normalized spacial score (nSPS) is 10.2. The van der Waals surface area contributed by atoms with Crippen LogP contribution in [0.4, 0.5) is 10.5 Å². The molecule has 3 aromatic rings. The second kappa shape index (κ2) is 8.02. The number of hydrogen-bond acceptors (Lipinski definition) is 2. The van der Waals surface area contributed by atoms with Gasteiger partial charge in [-0.25, -0.2) is 4.79 Å². The van der Waals surface area contributed by atoms with Gasteiger partial charge in [0.05, 0.1) is 12.2 Å². The van der Waals surface area contributed by atoms with Crippen molar-refractivity contribution in [2.45, 2.75) is 13.1 Å². The lowest BCUT2D eigenvalue weighted by Gasteiger charge is -2.24. The maximum Gasteiger partial charge on any atom is 0.322 e. The van der Waals surface area contributed by atoms with E-state index in [9.17, 15) is 9.90 Å². The second-order valence-electron chi connectivity index (χ2n) is 5.70. The topological polar surface area (TPSA) is 52.6 Å². The molecule has 0 spiro atoms. The largest absolute Gasteiger partial charge is 0.506 e. The first-order valence-corrected chi connectivity index (χ1v) is 8.15. The molecule has 0 heterocycles. The molecule has 4 heteroatoms. The highest BCUT2D eigenvalue weighted by molar-refractivity contribution is 5.93. The minimum atomic E-state index is -0.255. The number of nitrogens with one attached hydrogen (secondary N) is 1. The standard InChI is InChI=1S/C21H20N2O2/c24-20-14-8-7-13-19(20)23(16-18-11-5-2-6-12-18)21(25)22-15-17-9-3-1-4-10-17/h1-14,24H,15-16H2,(H,22,25). The van der Waals surface area contributed by atoms with Crippen molar-refractivity contribution in [3.05, 3.63) is 96.1 Å². The number of para-hydroxylation sites is 2. The van der Waals surface area contributed by atoms with Crippen molar-refractivity contribution in [2.24, 2.45) is 0 Å². The Morgan fingerprint density at radius 1 is 0.800 bits per heavy atom. The summed E-state index contributed by atoms with van der Waals surface area (Å²) in [6.45, 7) is 0.803. The van der Waals surface area contributed by atoms with E-state index in [0.29, 0.717) is 18.8 Å². The zero-order valence-corrected chi connectivity index (χ0v) is 13.8. The molecule has 0 aromatic heterocycles. The number of phenolic OH excluding ortho intramolecular Hbond substituents is 1. The third kappa shape index (κ3) is 4.38. The highest BCUT2D eigenvalue weighted by Gasteiger charge is 2.18. The lowest BCUT2D eigenvalue weighted by Crippen LogP contribution is -2.39. The van der Waals surface area contributed by atoms with E-state index in [1.54, 1.807) is 29.2 Å². The molecule has 0 saturated carbocycles. The van der Waals surface area contributed by atoms with Crippen molar-refractivity contribution in [1.29, 1.82) is 0 Å². The van der Waals surface area contributed by atoms with E-state index < -0.39 is 0 Å². The van der Waals surface area contributed by atoms with Crippen LogP contribution in [-0.4, -0.2) is 11.1 Å². The first-order valence-electron chi connectivity index (χ1n) is 8.15. The van der Waals surface area contributed by atoms with Gasteiger partial charge in [0.15, 0.2) is 0 Å². The van der Waals surface area contributed by atoms with Gasteiger partial charge < -0.3 is 10.4 Å². The Labute approximate surface area is 147 Å². The number of anilines is 1. The number of phenols is 1. The number of urea groups is 1. The van der Waals surface area contributed by atoms with E-state index in [2.05, 4.69) is 5.32 Å². The summed E-state index contributed by atoms with van der Waals surface area (Å²) in [5.74, 6) is 0.0771. The first-order chi connectivity index (χ1) is 12.2. The average molecular weight is 332 g/mol. The molecule has 0 aliphatic heterocycles. The minimum absolute atomic E-state index is 0.0771. The summed E-state index contributed by atoms with van der Waals surface area (Å²) in [5, 5.41) is 13.1. The van der Waals surface area contributed by atoms with Crippen LogP contribution in [-0.2, 0) is 13.1 Å². The zero-order valence-electron chi connectivity index (χ0n) is 13.8. The first kappa shape index (κ1) is 16.6. The number of rotatable bonds is 5. The van der Waals surface area contributed by atoms with Crippen LogP contribution in [0.15, 0.2) is 84.9 Å². The van der Waals surface area contributed by atoms with E-state index in [-0.39, 0.29) is 11.8 Å². The predicted octanol–water partition coefficient (Wildman–Crippen LogP) is 4.31. The fraction of sp³-hybridized carbons (Fsp3) is 0.0952. The van der Waals surface area contributed by atoms with Gasteiger partial charge in [0.2, 0.25) is 0 Å². The number of amides is 2. The van der Waals surface area contributed by atoms with E-state index in [1.807, 2.05) is 60.7 Å². The zero-order chi connectivity index (χ0) is 17.5. The molecule has 3 aromatic carbocycles. The second-order valence-corrected chi connectivity index (χ2v) is 5.70. The van der Waals surface area contributed by atoms with E-state index >= 15 is 0 Å². The minimum Gasteiger partial charge on any atom is -0.506 e. The molecule has 0 aliphatic carbocycles. The van der Waals surface area contributed by atoms with Crippen molar-refractivity contribution in [1.82, 2.24) is 5.32 Å². The van der Waals surface area contributed by atoms with Crippen LogP contribution in [0.25, 0.3) is 0 Å². The molecule has 0 radical (unpaired) electrons. The summed E-state index contributed by atoms with van der Waals surface area (Å²) in [6, 6.07) is 26.0. The van der Waals surface area contributed by atoms with Crippen molar-refractivity contribution >= 4 is 11.7 Å². The Morgan fingerprint density at radius 2 is 1.36 bits per heavy atom. The SMILES string of the molecule is O=C(NCc1ccccc1)N(Cc1ccccc1)c1ccccc1O. The Morgan fingerprint density at radius 3 is 2.00 bits per heavy atom. The predicted molar refractivity (Wildman–Crippen MR) is 99.4 cm³/mol. The van der Waals surface area contributed by atoms with Gasteiger partial charge in [0, 0.05) is 6.54 Å². The molecule has 0 saturated heterocycles. The van der Waals surface area contributed by atoms with Crippen LogP contribution in [0.2, 0.25) is 0 Å². The van der Waals surface area contributed by atoms with Crippen LogP contribution >= 0.6 is 0 Å². The summed E-state index contributed by atoms with van der Waals surface area (Å²) in [4.78, 5) is 14.3. The smallest absolute Gasteiger partial charge is 0.322 e. The van der Waals surface area contributed by atoms with Crippen LogP contribution < -0.4 is 10.2 Å².